The van der Waals surface area contributed by atoms with Gasteiger partial charge in [-0.3, -0.25) is 4.98 Å². The summed E-state index contributed by atoms with van der Waals surface area (Å²) in [6, 6.07) is 20.4. The molecule has 136 valence electrons. The van der Waals surface area contributed by atoms with E-state index in [-0.39, 0.29) is 0 Å². The first-order valence-corrected chi connectivity index (χ1v) is 9.52. The lowest BCUT2D eigenvalue weighted by atomic mass is 10.00. The van der Waals surface area contributed by atoms with Gasteiger partial charge in [-0.05, 0) is 61.9 Å². The minimum atomic E-state index is 0.469. The van der Waals surface area contributed by atoms with E-state index in [1.54, 1.807) is 0 Å². The molecule has 0 spiro atoms. The van der Waals surface area contributed by atoms with Gasteiger partial charge in [-0.1, -0.05) is 42.5 Å². The van der Waals surface area contributed by atoms with Crippen LogP contribution in [0.1, 0.15) is 30.9 Å². The molecule has 3 nitrogen and oxygen atoms in total. The van der Waals surface area contributed by atoms with E-state index >= 15 is 0 Å². The van der Waals surface area contributed by atoms with Crippen LogP contribution in [0.15, 0.2) is 67.0 Å². The van der Waals surface area contributed by atoms with E-state index in [0.29, 0.717) is 12.1 Å². The molecule has 0 aliphatic rings. The van der Waals surface area contributed by atoms with E-state index in [0.717, 1.165) is 25.8 Å². The molecular formula is C23H29N3. The zero-order valence-electron chi connectivity index (χ0n) is 15.8. The Bertz CT molecular complexity index is 801. The molecule has 26 heavy (non-hydrogen) atoms. The summed E-state index contributed by atoms with van der Waals surface area (Å²) in [5, 5.41) is 9.60. The van der Waals surface area contributed by atoms with Crippen molar-refractivity contribution in [3.8, 4) is 0 Å². The molecule has 2 aromatic carbocycles. The third kappa shape index (κ3) is 5.38. The summed E-state index contributed by atoms with van der Waals surface area (Å²) >= 11 is 0. The number of rotatable bonds is 9. The second-order valence-corrected chi connectivity index (χ2v) is 7.08. The van der Waals surface area contributed by atoms with E-state index in [1.165, 1.54) is 21.9 Å². The van der Waals surface area contributed by atoms with Crippen molar-refractivity contribution in [2.45, 2.75) is 44.8 Å². The monoisotopic (exact) mass is 347 g/mol. The smallest absolute Gasteiger partial charge is 0.0346 e. The van der Waals surface area contributed by atoms with E-state index in [9.17, 15) is 0 Å². The van der Waals surface area contributed by atoms with E-state index in [1.807, 2.05) is 12.4 Å². The Morgan fingerprint density at radius 3 is 2.62 bits per heavy atom. The Morgan fingerprint density at radius 2 is 1.81 bits per heavy atom. The number of hydrogen-bond acceptors (Lipinski definition) is 3. The van der Waals surface area contributed by atoms with Crippen molar-refractivity contribution in [1.29, 1.82) is 0 Å². The molecule has 2 N–H and O–H groups in total. The first-order valence-electron chi connectivity index (χ1n) is 9.52. The second kappa shape index (κ2) is 9.46. The number of aromatic nitrogens is 1. The molecule has 1 unspecified atom stereocenters. The summed E-state index contributed by atoms with van der Waals surface area (Å²) in [5.41, 5.74) is 2.74. The molecule has 0 saturated heterocycles. The lowest BCUT2D eigenvalue weighted by molar-refractivity contribution is 0.408. The van der Waals surface area contributed by atoms with Gasteiger partial charge in [-0.25, -0.2) is 0 Å². The first-order chi connectivity index (χ1) is 12.7. The van der Waals surface area contributed by atoms with Crippen LogP contribution < -0.4 is 10.6 Å². The minimum absolute atomic E-state index is 0.469. The van der Waals surface area contributed by atoms with Gasteiger partial charge in [-0.15, -0.1) is 0 Å². The number of benzene rings is 2. The molecule has 0 amide bonds. The normalized spacial score (nSPS) is 13.6. The van der Waals surface area contributed by atoms with Crippen LogP contribution in [0.25, 0.3) is 10.8 Å². The SMILES string of the molecule is CNC(CCc1ccccc1)C[C@@H](C)NCc1ccc2cnccc2c1. The van der Waals surface area contributed by atoms with Crippen molar-refractivity contribution in [2.75, 3.05) is 7.05 Å². The maximum Gasteiger partial charge on any atom is 0.0346 e. The Labute approximate surface area is 156 Å². The van der Waals surface area contributed by atoms with Crippen LogP contribution in [0.2, 0.25) is 0 Å². The highest BCUT2D eigenvalue weighted by molar-refractivity contribution is 5.81. The summed E-state index contributed by atoms with van der Waals surface area (Å²) in [4.78, 5) is 4.18. The largest absolute Gasteiger partial charge is 0.317 e. The predicted octanol–water partition coefficient (Wildman–Crippen LogP) is 4.32. The molecule has 0 fully saturated rings. The molecule has 0 radical (unpaired) electrons. The highest BCUT2D eigenvalue weighted by Crippen LogP contribution is 2.15. The van der Waals surface area contributed by atoms with Crippen molar-refractivity contribution < 1.29 is 0 Å². The fourth-order valence-electron chi connectivity index (χ4n) is 3.41. The number of pyridine rings is 1. The van der Waals surface area contributed by atoms with Crippen LogP contribution in [0.3, 0.4) is 0 Å². The minimum Gasteiger partial charge on any atom is -0.317 e. The fraction of sp³-hybridized carbons (Fsp3) is 0.348. The van der Waals surface area contributed by atoms with Gasteiger partial charge in [0.15, 0.2) is 0 Å². The molecule has 0 aliphatic carbocycles. The highest BCUT2D eigenvalue weighted by atomic mass is 14.9. The Morgan fingerprint density at radius 1 is 0.962 bits per heavy atom. The average molecular weight is 348 g/mol. The molecule has 0 aliphatic heterocycles. The molecule has 0 bridgehead atoms. The Balaban J connectivity index is 1.47. The van der Waals surface area contributed by atoms with Crippen molar-refractivity contribution in [3.05, 3.63) is 78.1 Å². The topological polar surface area (TPSA) is 37.0 Å². The molecule has 0 saturated carbocycles. The van der Waals surface area contributed by atoms with Crippen LogP contribution in [-0.4, -0.2) is 24.1 Å². The van der Waals surface area contributed by atoms with Gasteiger partial charge in [0.1, 0.15) is 0 Å². The standard InChI is InChI=1S/C23H29N3/c1-18(14-23(24-2)11-9-19-6-4-3-5-7-19)26-16-20-8-10-22-17-25-13-12-21(22)15-20/h3-8,10,12-13,15,17-18,23-24,26H,9,11,14,16H2,1-2H3/t18-,23?/m1/s1. The lowest BCUT2D eigenvalue weighted by Gasteiger charge is -2.22. The number of aryl methyl sites for hydroxylation is 1. The maximum atomic E-state index is 4.18. The summed E-state index contributed by atoms with van der Waals surface area (Å²) in [6.45, 7) is 3.17. The molecule has 1 aromatic heterocycles. The van der Waals surface area contributed by atoms with E-state index in [2.05, 4.69) is 84.2 Å². The number of hydrogen-bond donors (Lipinski definition) is 2. The predicted molar refractivity (Wildman–Crippen MR) is 110 cm³/mol. The van der Waals surface area contributed by atoms with Crippen molar-refractivity contribution in [1.82, 2.24) is 15.6 Å². The van der Waals surface area contributed by atoms with Gasteiger partial charge in [0.05, 0.1) is 0 Å². The van der Waals surface area contributed by atoms with Gasteiger partial charge in [0.2, 0.25) is 0 Å². The molecule has 3 rings (SSSR count). The third-order valence-electron chi connectivity index (χ3n) is 5.03. The zero-order valence-corrected chi connectivity index (χ0v) is 15.8. The maximum absolute atomic E-state index is 4.18. The second-order valence-electron chi connectivity index (χ2n) is 7.08. The summed E-state index contributed by atoms with van der Waals surface area (Å²) in [7, 11) is 2.07. The van der Waals surface area contributed by atoms with Crippen LogP contribution >= 0.6 is 0 Å². The molecule has 1 heterocycles. The van der Waals surface area contributed by atoms with Crippen LogP contribution in [0, 0.1) is 0 Å². The zero-order chi connectivity index (χ0) is 18.2. The van der Waals surface area contributed by atoms with Gasteiger partial charge >= 0.3 is 0 Å². The summed E-state index contributed by atoms with van der Waals surface area (Å²) in [5.74, 6) is 0. The third-order valence-corrected chi connectivity index (χ3v) is 5.03. The Hall–Kier alpha value is -2.23. The quantitative estimate of drug-likeness (QED) is 0.605. The lowest BCUT2D eigenvalue weighted by Crippen LogP contribution is -2.35. The molecule has 2 atom stereocenters. The average Bonchev–Trinajstić information content (AvgIpc) is 2.70. The van der Waals surface area contributed by atoms with Gasteiger partial charge < -0.3 is 10.6 Å². The van der Waals surface area contributed by atoms with Gasteiger partial charge in [0, 0.05) is 36.4 Å². The number of fused-ring (bicyclic) bond motifs is 1. The highest BCUT2D eigenvalue weighted by Gasteiger charge is 2.11. The first kappa shape index (κ1) is 18.6. The van der Waals surface area contributed by atoms with Crippen LogP contribution in [-0.2, 0) is 13.0 Å². The molecular weight excluding hydrogens is 318 g/mol. The fourth-order valence-corrected chi connectivity index (χ4v) is 3.41. The van der Waals surface area contributed by atoms with Crippen molar-refractivity contribution >= 4 is 10.8 Å². The molecule has 3 heteroatoms. The van der Waals surface area contributed by atoms with Crippen LogP contribution in [0.4, 0.5) is 0 Å². The van der Waals surface area contributed by atoms with E-state index in [4.69, 9.17) is 0 Å². The summed E-state index contributed by atoms with van der Waals surface area (Å²) in [6.07, 6.45) is 7.18. The summed E-state index contributed by atoms with van der Waals surface area (Å²) < 4.78 is 0. The van der Waals surface area contributed by atoms with Gasteiger partial charge in [0.25, 0.3) is 0 Å². The number of nitrogens with one attached hydrogen (secondary N) is 2. The Kier molecular flexibility index (Phi) is 6.75. The van der Waals surface area contributed by atoms with Crippen molar-refractivity contribution in [3.63, 3.8) is 0 Å². The molecule has 3 aromatic rings. The number of nitrogens with zero attached hydrogens (tertiary/aromatic N) is 1. The van der Waals surface area contributed by atoms with E-state index < -0.39 is 0 Å². The van der Waals surface area contributed by atoms with Crippen molar-refractivity contribution in [2.24, 2.45) is 0 Å². The van der Waals surface area contributed by atoms with Gasteiger partial charge in [-0.2, -0.15) is 0 Å². The van der Waals surface area contributed by atoms with Crippen LogP contribution in [0.5, 0.6) is 0 Å².